The van der Waals surface area contributed by atoms with Gasteiger partial charge in [-0.1, -0.05) is 23.7 Å². The molecule has 1 atom stereocenters. The van der Waals surface area contributed by atoms with Crippen molar-refractivity contribution in [3.63, 3.8) is 0 Å². The first-order chi connectivity index (χ1) is 8.61. The van der Waals surface area contributed by atoms with E-state index in [1.54, 1.807) is 19.2 Å². The van der Waals surface area contributed by atoms with Crippen molar-refractivity contribution in [2.45, 2.75) is 18.2 Å². The van der Waals surface area contributed by atoms with Crippen LogP contribution < -0.4 is 5.32 Å². The number of hydrogen-bond acceptors (Lipinski definition) is 2. The van der Waals surface area contributed by atoms with Crippen molar-refractivity contribution in [1.29, 1.82) is 0 Å². The Morgan fingerprint density at radius 3 is 2.94 bits per heavy atom. The molecule has 1 unspecified atom stereocenters. The predicted molar refractivity (Wildman–Crippen MR) is 74.3 cm³/mol. The fourth-order valence-electron chi connectivity index (χ4n) is 1.53. The van der Waals surface area contributed by atoms with Gasteiger partial charge in [0.25, 0.3) is 0 Å². The Hall–Kier alpha value is -0.770. The second-order valence-electron chi connectivity index (χ2n) is 4.00. The van der Waals surface area contributed by atoms with Crippen LogP contribution in [0, 0.1) is 0 Å². The lowest BCUT2D eigenvalue weighted by Crippen LogP contribution is -2.28. The van der Waals surface area contributed by atoms with Crippen LogP contribution >= 0.6 is 23.2 Å². The third kappa shape index (κ3) is 6.24. The number of amides is 1. The maximum atomic E-state index is 11.6. The van der Waals surface area contributed by atoms with Crippen LogP contribution in [0.2, 0.25) is 5.02 Å². The highest BCUT2D eigenvalue weighted by Crippen LogP contribution is 2.11. The summed E-state index contributed by atoms with van der Waals surface area (Å²) < 4.78 is 4.91. The van der Waals surface area contributed by atoms with Gasteiger partial charge in [0, 0.05) is 18.7 Å². The summed E-state index contributed by atoms with van der Waals surface area (Å²) in [7, 11) is 1.60. The number of benzene rings is 1. The monoisotopic (exact) mass is 289 g/mol. The number of nitrogens with one attached hydrogen (secondary N) is 1. The molecule has 5 heteroatoms. The molecular formula is C13H17Cl2NO2. The van der Waals surface area contributed by atoms with Gasteiger partial charge < -0.3 is 10.1 Å². The lowest BCUT2D eigenvalue weighted by molar-refractivity contribution is -0.120. The molecule has 18 heavy (non-hydrogen) atoms. The summed E-state index contributed by atoms with van der Waals surface area (Å²) in [6.45, 7) is 1.04. The highest BCUT2D eigenvalue weighted by atomic mass is 35.5. The summed E-state index contributed by atoms with van der Waals surface area (Å²) in [6, 6.07) is 7.28. The molecule has 3 nitrogen and oxygen atoms in total. The maximum absolute atomic E-state index is 11.6. The molecule has 0 radical (unpaired) electrons. The summed E-state index contributed by atoms with van der Waals surface area (Å²) in [4.78, 5) is 11.6. The Morgan fingerprint density at radius 2 is 2.28 bits per heavy atom. The fraction of sp³-hybridized carbons (Fsp3) is 0.462. The number of alkyl halides is 1. The van der Waals surface area contributed by atoms with Crippen molar-refractivity contribution in [2.75, 3.05) is 20.3 Å². The van der Waals surface area contributed by atoms with E-state index >= 15 is 0 Å². The number of carbonyl (C=O) groups excluding carboxylic acids is 1. The van der Waals surface area contributed by atoms with Crippen LogP contribution in [0.15, 0.2) is 24.3 Å². The number of rotatable bonds is 7. The minimum atomic E-state index is -0.0681. The lowest BCUT2D eigenvalue weighted by atomic mass is 10.1. The lowest BCUT2D eigenvalue weighted by Gasteiger charge is -2.09. The molecule has 1 amide bonds. The molecule has 0 aliphatic heterocycles. The Bertz CT molecular complexity index is 385. The van der Waals surface area contributed by atoms with Crippen molar-refractivity contribution in [3.05, 3.63) is 34.9 Å². The van der Waals surface area contributed by atoms with Crippen molar-refractivity contribution in [1.82, 2.24) is 5.32 Å². The summed E-state index contributed by atoms with van der Waals surface area (Å²) in [5.41, 5.74) is 0.902. The van der Waals surface area contributed by atoms with Crippen molar-refractivity contribution < 1.29 is 9.53 Å². The van der Waals surface area contributed by atoms with E-state index in [1.165, 1.54) is 0 Å². The van der Waals surface area contributed by atoms with E-state index in [0.717, 1.165) is 5.56 Å². The van der Waals surface area contributed by atoms with E-state index in [-0.39, 0.29) is 11.3 Å². The zero-order chi connectivity index (χ0) is 13.4. The summed E-state index contributed by atoms with van der Waals surface area (Å²) in [5, 5.41) is 3.39. The summed E-state index contributed by atoms with van der Waals surface area (Å²) in [5.74, 6) is -0.0291. The Labute approximate surface area is 117 Å². The Morgan fingerprint density at radius 1 is 1.50 bits per heavy atom. The molecule has 0 saturated heterocycles. The van der Waals surface area contributed by atoms with Gasteiger partial charge in [0.1, 0.15) is 0 Å². The average molecular weight is 290 g/mol. The third-order valence-electron chi connectivity index (χ3n) is 2.38. The van der Waals surface area contributed by atoms with E-state index in [0.29, 0.717) is 31.0 Å². The SMILES string of the molecule is COCC(Cl)CCNC(=O)Cc1cccc(Cl)c1. The number of halogens is 2. The van der Waals surface area contributed by atoms with Crippen LogP contribution in [-0.2, 0) is 16.0 Å². The van der Waals surface area contributed by atoms with Gasteiger partial charge in [0.05, 0.1) is 18.4 Å². The molecule has 0 saturated carbocycles. The van der Waals surface area contributed by atoms with Crippen molar-refractivity contribution in [3.8, 4) is 0 Å². The smallest absolute Gasteiger partial charge is 0.224 e. The minimum absolute atomic E-state index is 0.0291. The standard InChI is InChI=1S/C13H17Cl2NO2/c1-18-9-12(15)5-6-16-13(17)8-10-3-2-4-11(14)7-10/h2-4,7,12H,5-6,8-9H2,1H3,(H,16,17). The molecule has 0 fully saturated rings. The molecule has 0 spiro atoms. The zero-order valence-corrected chi connectivity index (χ0v) is 11.8. The largest absolute Gasteiger partial charge is 0.383 e. The van der Waals surface area contributed by atoms with Crippen LogP contribution in [0.25, 0.3) is 0 Å². The van der Waals surface area contributed by atoms with Crippen LogP contribution in [0.4, 0.5) is 0 Å². The number of ether oxygens (including phenoxy) is 1. The first kappa shape index (κ1) is 15.3. The van der Waals surface area contributed by atoms with E-state index in [9.17, 15) is 4.79 Å². The topological polar surface area (TPSA) is 38.3 Å². The predicted octanol–water partition coefficient (Wildman–Crippen LogP) is 2.64. The second-order valence-corrected chi connectivity index (χ2v) is 5.05. The number of methoxy groups -OCH3 is 1. The van der Waals surface area contributed by atoms with Crippen LogP contribution in [-0.4, -0.2) is 31.5 Å². The molecule has 0 bridgehead atoms. The van der Waals surface area contributed by atoms with Crippen LogP contribution in [0.3, 0.4) is 0 Å². The van der Waals surface area contributed by atoms with Crippen molar-refractivity contribution in [2.24, 2.45) is 0 Å². The molecule has 1 aromatic rings. The summed E-state index contributed by atoms with van der Waals surface area (Å²) in [6.07, 6.45) is 1.02. The molecule has 1 rings (SSSR count). The van der Waals surface area contributed by atoms with E-state index in [4.69, 9.17) is 27.9 Å². The maximum Gasteiger partial charge on any atom is 0.224 e. The first-order valence-corrected chi connectivity index (χ1v) is 6.57. The molecule has 0 aromatic heterocycles. The second kappa shape index (κ2) is 8.35. The van der Waals surface area contributed by atoms with Gasteiger partial charge in [-0.3, -0.25) is 4.79 Å². The first-order valence-electron chi connectivity index (χ1n) is 5.76. The van der Waals surface area contributed by atoms with Gasteiger partial charge in [-0.15, -0.1) is 11.6 Å². The van der Waals surface area contributed by atoms with Gasteiger partial charge in [0.15, 0.2) is 0 Å². The fourth-order valence-corrected chi connectivity index (χ4v) is 1.98. The van der Waals surface area contributed by atoms with E-state index < -0.39 is 0 Å². The van der Waals surface area contributed by atoms with Gasteiger partial charge in [0.2, 0.25) is 5.91 Å². The molecule has 100 valence electrons. The highest BCUT2D eigenvalue weighted by Gasteiger charge is 2.06. The molecule has 0 aliphatic rings. The van der Waals surface area contributed by atoms with Crippen LogP contribution in [0.5, 0.6) is 0 Å². The Kier molecular flexibility index (Phi) is 7.09. The molecular weight excluding hydrogens is 273 g/mol. The van der Waals surface area contributed by atoms with Gasteiger partial charge in [-0.2, -0.15) is 0 Å². The quantitative estimate of drug-likeness (QED) is 0.784. The third-order valence-corrected chi connectivity index (χ3v) is 2.96. The molecule has 1 aromatic carbocycles. The van der Waals surface area contributed by atoms with Crippen molar-refractivity contribution >= 4 is 29.1 Å². The van der Waals surface area contributed by atoms with E-state index in [2.05, 4.69) is 5.32 Å². The van der Waals surface area contributed by atoms with Crippen LogP contribution in [0.1, 0.15) is 12.0 Å². The normalized spacial score (nSPS) is 12.2. The molecule has 0 aliphatic carbocycles. The minimum Gasteiger partial charge on any atom is -0.383 e. The van der Waals surface area contributed by atoms with Gasteiger partial charge in [-0.25, -0.2) is 0 Å². The summed E-state index contributed by atoms with van der Waals surface area (Å²) >= 11 is 11.8. The van der Waals surface area contributed by atoms with Gasteiger partial charge >= 0.3 is 0 Å². The molecule has 1 N–H and O–H groups in total. The average Bonchev–Trinajstić information content (AvgIpc) is 2.29. The molecule has 0 heterocycles. The number of carbonyl (C=O) groups is 1. The van der Waals surface area contributed by atoms with Gasteiger partial charge in [-0.05, 0) is 24.1 Å². The highest BCUT2D eigenvalue weighted by molar-refractivity contribution is 6.30. The Balaban J connectivity index is 2.25. The number of hydrogen-bond donors (Lipinski definition) is 1. The van der Waals surface area contributed by atoms with E-state index in [1.807, 2.05) is 12.1 Å². The zero-order valence-electron chi connectivity index (χ0n) is 10.3.